The van der Waals surface area contributed by atoms with Gasteiger partial charge in [-0.25, -0.2) is 0 Å². The van der Waals surface area contributed by atoms with Gasteiger partial charge in [-0.2, -0.15) is 0 Å². The quantitative estimate of drug-likeness (QED) is 0.163. The molecule has 0 radical (unpaired) electrons. The lowest BCUT2D eigenvalue weighted by atomic mass is 10.1. The van der Waals surface area contributed by atoms with Crippen LogP contribution in [0.5, 0.6) is 0 Å². The Hall–Kier alpha value is -1.09. The molecule has 0 unspecified atom stereocenters. The van der Waals surface area contributed by atoms with Crippen molar-refractivity contribution in [2.75, 3.05) is 19.6 Å². The summed E-state index contributed by atoms with van der Waals surface area (Å²) >= 11 is 0. The molecule has 0 aromatic carbocycles. The zero-order chi connectivity index (χ0) is 20.0. The Bertz CT molecular complexity index is 328. The van der Waals surface area contributed by atoms with Gasteiger partial charge in [0.2, 0.25) is 0 Å². The van der Waals surface area contributed by atoms with Crippen molar-refractivity contribution in [1.29, 1.82) is 0 Å². The van der Waals surface area contributed by atoms with Gasteiger partial charge in [0, 0.05) is 0 Å². The molecule has 0 aromatic rings. The van der Waals surface area contributed by atoms with E-state index in [0.717, 1.165) is 38.8 Å². The molecule has 0 rings (SSSR count). The number of unbranched alkanes of at least 4 members (excludes halogenated alkanes) is 14. The average molecular weight is 380 g/mol. The third kappa shape index (κ3) is 21.1. The zero-order valence-corrected chi connectivity index (χ0v) is 17.8. The summed E-state index contributed by atoms with van der Waals surface area (Å²) in [5.74, 6) is -0.695. The second-order valence-electron chi connectivity index (χ2n) is 7.77. The molecule has 0 heterocycles. The van der Waals surface area contributed by atoms with Crippen LogP contribution < -0.4 is 0 Å². The van der Waals surface area contributed by atoms with Gasteiger partial charge in [0.15, 0.2) is 0 Å². The van der Waals surface area contributed by atoms with Crippen LogP contribution in [0.2, 0.25) is 0 Å². The summed E-state index contributed by atoms with van der Waals surface area (Å²) in [4.78, 5) is 13.2. The highest BCUT2D eigenvalue weighted by Gasteiger charge is 2.08. The Balaban J connectivity index is 3.60. The van der Waals surface area contributed by atoms with Crippen molar-refractivity contribution in [3.63, 3.8) is 0 Å². The maximum atomic E-state index is 11.1. The van der Waals surface area contributed by atoms with Gasteiger partial charge in [0.1, 0.15) is 0 Å². The molecule has 0 aliphatic heterocycles. The van der Waals surface area contributed by atoms with Gasteiger partial charge in [0.05, 0.1) is 6.54 Å². The van der Waals surface area contributed by atoms with Gasteiger partial charge in [0.25, 0.3) is 0 Å². The Morgan fingerprint density at radius 3 is 1.30 bits per heavy atom. The van der Waals surface area contributed by atoms with Gasteiger partial charge >= 0.3 is 5.97 Å². The smallest absolute Gasteiger partial charge is 0.317 e. The lowest BCUT2D eigenvalue weighted by Gasteiger charge is -2.20. The van der Waals surface area contributed by atoms with Gasteiger partial charge in [-0.1, -0.05) is 76.4 Å². The van der Waals surface area contributed by atoms with Crippen molar-refractivity contribution in [2.24, 2.45) is 0 Å². The number of aliphatic carboxylic acids is 1. The molecule has 0 aromatic heterocycles. The van der Waals surface area contributed by atoms with Gasteiger partial charge in [-0.3, -0.25) is 9.69 Å². The van der Waals surface area contributed by atoms with E-state index in [-0.39, 0.29) is 6.54 Å². The van der Waals surface area contributed by atoms with Crippen molar-refractivity contribution < 1.29 is 9.90 Å². The molecule has 0 amide bonds. The fourth-order valence-corrected chi connectivity index (χ4v) is 3.48. The summed E-state index contributed by atoms with van der Waals surface area (Å²) in [6.07, 6.45) is 24.0. The fraction of sp³-hybridized carbons (Fsp3) is 0.792. The molecule has 0 saturated heterocycles. The molecule has 1 N–H and O–H groups in total. The van der Waals surface area contributed by atoms with Crippen LogP contribution in [0.3, 0.4) is 0 Å². The van der Waals surface area contributed by atoms with Crippen LogP contribution in [-0.4, -0.2) is 35.6 Å². The SMILES string of the molecule is C=CCCCCCCCCCN(CCCCCCCCCC=C)CC(=O)O. The van der Waals surface area contributed by atoms with Crippen molar-refractivity contribution in [1.82, 2.24) is 4.90 Å². The lowest BCUT2D eigenvalue weighted by Crippen LogP contribution is -2.31. The maximum absolute atomic E-state index is 11.1. The van der Waals surface area contributed by atoms with Crippen LogP contribution in [0.25, 0.3) is 0 Å². The molecule has 0 fully saturated rings. The van der Waals surface area contributed by atoms with E-state index in [1.54, 1.807) is 0 Å². The van der Waals surface area contributed by atoms with Crippen LogP contribution in [0.1, 0.15) is 103 Å². The minimum absolute atomic E-state index is 0.198. The number of allylic oxidation sites excluding steroid dienone is 2. The molecule has 0 atom stereocenters. The topological polar surface area (TPSA) is 40.5 Å². The Morgan fingerprint density at radius 2 is 0.963 bits per heavy atom. The minimum atomic E-state index is -0.695. The maximum Gasteiger partial charge on any atom is 0.317 e. The number of nitrogens with zero attached hydrogens (tertiary/aromatic N) is 1. The highest BCUT2D eigenvalue weighted by Crippen LogP contribution is 2.11. The van der Waals surface area contributed by atoms with Crippen LogP contribution >= 0.6 is 0 Å². The van der Waals surface area contributed by atoms with Crippen LogP contribution in [0.4, 0.5) is 0 Å². The van der Waals surface area contributed by atoms with E-state index >= 15 is 0 Å². The molecular formula is C24H45NO2. The standard InChI is InChI=1S/C24H45NO2/c1-3-5-7-9-11-13-15-17-19-21-25(23-24(26)27)22-20-18-16-14-12-10-8-6-4-2/h3-4H,1-2,5-23H2,(H,26,27). The second-order valence-corrected chi connectivity index (χ2v) is 7.77. The summed E-state index contributed by atoms with van der Waals surface area (Å²) in [5.41, 5.74) is 0. The van der Waals surface area contributed by atoms with Crippen molar-refractivity contribution in [3.8, 4) is 0 Å². The van der Waals surface area contributed by atoms with E-state index in [4.69, 9.17) is 5.11 Å². The van der Waals surface area contributed by atoms with Crippen LogP contribution in [0, 0.1) is 0 Å². The largest absolute Gasteiger partial charge is 0.480 e. The van der Waals surface area contributed by atoms with Gasteiger partial charge < -0.3 is 5.11 Å². The molecular weight excluding hydrogens is 334 g/mol. The summed E-state index contributed by atoms with van der Waals surface area (Å²) in [5, 5.41) is 9.12. The first-order valence-corrected chi connectivity index (χ1v) is 11.4. The molecule has 0 aliphatic carbocycles. The van der Waals surface area contributed by atoms with Crippen molar-refractivity contribution >= 4 is 5.97 Å². The number of carboxylic acids is 1. The van der Waals surface area contributed by atoms with E-state index in [0.29, 0.717) is 0 Å². The third-order valence-corrected chi connectivity index (χ3v) is 5.12. The number of carbonyl (C=O) groups is 1. The first kappa shape index (κ1) is 25.9. The second kappa shape index (κ2) is 21.2. The first-order chi connectivity index (χ1) is 13.2. The monoisotopic (exact) mass is 379 g/mol. The predicted molar refractivity (Wildman–Crippen MR) is 118 cm³/mol. The van der Waals surface area contributed by atoms with Crippen LogP contribution in [-0.2, 0) is 4.79 Å². The van der Waals surface area contributed by atoms with Gasteiger partial charge in [-0.15, -0.1) is 13.2 Å². The molecule has 3 heteroatoms. The van der Waals surface area contributed by atoms with Gasteiger partial charge in [-0.05, 0) is 51.6 Å². The zero-order valence-electron chi connectivity index (χ0n) is 17.8. The average Bonchev–Trinajstić information content (AvgIpc) is 2.64. The molecule has 0 bridgehead atoms. The molecule has 0 saturated carbocycles. The molecule has 0 aliphatic rings. The predicted octanol–water partition coefficient (Wildman–Crippen LogP) is 6.99. The lowest BCUT2D eigenvalue weighted by molar-refractivity contribution is -0.138. The Morgan fingerprint density at radius 1 is 0.630 bits per heavy atom. The van der Waals surface area contributed by atoms with E-state index in [1.807, 2.05) is 12.2 Å². The highest BCUT2D eigenvalue weighted by molar-refractivity contribution is 5.69. The fourth-order valence-electron chi connectivity index (χ4n) is 3.48. The molecule has 158 valence electrons. The Labute approximate surface area is 168 Å². The van der Waals surface area contributed by atoms with E-state index in [9.17, 15) is 4.79 Å². The normalized spacial score (nSPS) is 11.0. The van der Waals surface area contributed by atoms with Crippen LogP contribution in [0.15, 0.2) is 25.3 Å². The van der Waals surface area contributed by atoms with Crippen molar-refractivity contribution in [2.45, 2.75) is 103 Å². The molecule has 0 spiro atoms. The molecule has 3 nitrogen and oxygen atoms in total. The Kier molecular flexibility index (Phi) is 20.4. The summed E-state index contributed by atoms with van der Waals surface area (Å²) in [7, 11) is 0. The molecule has 27 heavy (non-hydrogen) atoms. The van der Waals surface area contributed by atoms with E-state index in [2.05, 4.69) is 18.1 Å². The number of rotatable bonds is 22. The minimum Gasteiger partial charge on any atom is -0.480 e. The third-order valence-electron chi connectivity index (χ3n) is 5.12. The highest BCUT2D eigenvalue weighted by atomic mass is 16.4. The van der Waals surface area contributed by atoms with Crippen molar-refractivity contribution in [3.05, 3.63) is 25.3 Å². The number of hydrogen-bond donors (Lipinski definition) is 1. The van der Waals surface area contributed by atoms with E-state index < -0.39 is 5.97 Å². The summed E-state index contributed by atoms with van der Waals surface area (Å²) < 4.78 is 0. The summed E-state index contributed by atoms with van der Waals surface area (Å²) in [6.45, 7) is 9.58. The number of hydrogen-bond acceptors (Lipinski definition) is 2. The number of carboxylic acid groups (broad SMARTS) is 1. The summed E-state index contributed by atoms with van der Waals surface area (Å²) in [6, 6.07) is 0. The first-order valence-electron chi connectivity index (χ1n) is 11.4. The van der Waals surface area contributed by atoms with E-state index in [1.165, 1.54) is 77.0 Å².